The summed E-state index contributed by atoms with van der Waals surface area (Å²) in [5.41, 5.74) is 6.57. The van der Waals surface area contributed by atoms with Crippen molar-refractivity contribution in [1.29, 1.82) is 0 Å². The van der Waals surface area contributed by atoms with Crippen LogP contribution in [0.2, 0.25) is 0 Å². The van der Waals surface area contributed by atoms with Crippen LogP contribution in [0, 0.1) is 17.8 Å². The number of hydrogen-bond donors (Lipinski definition) is 1. The van der Waals surface area contributed by atoms with Gasteiger partial charge in [0, 0.05) is 25.2 Å². The van der Waals surface area contributed by atoms with Gasteiger partial charge in [0.05, 0.1) is 0 Å². The molecule has 0 aromatic carbocycles. The van der Waals surface area contributed by atoms with Crippen LogP contribution in [0.3, 0.4) is 0 Å². The first-order valence-electron chi connectivity index (χ1n) is 7.59. The van der Waals surface area contributed by atoms with Crippen LogP contribution in [0.25, 0.3) is 0 Å². The minimum Gasteiger partial charge on any atom is -0.329 e. The van der Waals surface area contributed by atoms with Crippen LogP contribution in [0.15, 0.2) is 0 Å². The third-order valence-electron chi connectivity index (χ3n) is 5.64. The summed E-state index contributed by atoms with van der Waals surface area (Å²) in [5, 5.41) is 0. The highest BCUT2D eigenvalue weighted by Crippen LogP contribution is 2.42. The summed E-state index contributed by atoms with van der Waals surface area (Å²) in [6.45, 7) is 10.6. The molecule has 0 amide bonds. The molecule has 2 fully saturated rings. The zero-order valence-electron chi connectivity index (χ0n) is 11.9. The molecule has 1 aliphatic heterocycles. The first-order chi connectivity index (χ1) is 8.14. The predicted molar refractivity (Wildman–Crippen MR) is 73.9 cm³/mol. The largest absolute Gasteiger partial charge is 0.329 e. The second-order valence-corrected chi connectivity index (χ2v) is 6.52. The van der Waals surface area contributed by atoms with Crippen molar-refractivity contribution in [2.24, 2.45) is 23.5 Å². The van der Waals surface area contributed by atoms with Crippen LogP contribution < -0.4 is 5.73 Å². The Balaban J connectivity index is 2.17. The number of nitrogens with zero attached hydrogens (tertiary/aromatic N) is 1. The Labute approximate surface area is 107 Å². The van der Waals surface area contributed by atoms with Crippen LogP contribution >= 0.6 is 0 Å². The molecule has 1 saturated heterocycles. The smallest absolute Gasteiger partial charge is 0.0359 e. The molecule has 2 aliphatic rings. The number of hydrogen-bond acceptors (Lipinski definition) is 2. The first-order valence-corrected chi connectivity index (χ1v) is 7.59. The predicted octanol–water partition coefficient (Wildman–Crippen LogP) is 2.87. The van der Waals surface area contributed by atoms with E-state index in [4.69, 9.17) is 5.73 Å². The van der Waals surface area contributed by atoms with Gasteiger partial charge in [0.25, 0.3) is 0 Å². The van der Waals surface area contributed by atoms with Crippen LogP contribution in [-0.4, -0.2) is 30.1 Å². The third-order valence-corrected chi connectivity index (χ3v) is 5.64. The Hall–Kier alpha value is -0.0800. The van der Waals surface area contributed by atoms with Crippen LogP contribution in [0.4, 0.5) is 0 Å². The highest BCUT2D eigenvalue weighted by Gasteiger charge is 2.46. The second-order valence-electron chi connectivity index (χ2n) is 6.52. The quantitative estimate of drug-likeness (QED) is 0.819. The average Bonchev–Trinajstić information content (AvgIpc) is 2.69. The van der Waals surface area contributed by atoms with Gasteiger partial charge in [-0.05, 0) is 30.6 Å². The van der Waals surface area contributed by atoms with Gasteiger partial charge >= 0.3 is 0 Å². The van der Waals surface area contributed by atoms with Crippen molar-refractivity contribution in [3.8, 4) is 0 Å². The maximum Gasteiger partial charge on any atom is 0.0359 e. The van der Waals surface area contributed by atoms with Crippen molar-refractivity contribution in [3.05, 3.63) is 0 Å². The number of rotatable bonds is 3. The highest BCUT2D eigenvalue weighted by molar-refractivity contribution is 5.02. The molecule has 4 unspecified atom stereocenters. The van der Waals surface area contributed by atoms with E-state index in [1.165, 1.54) is 45.2 Å². The van der Waals surface area contributed by atoms with E-state index >= 15 is 0 Å². The monoisotopic (exact) mass is 238 g/mol. The van der Waals surface area contributed by atoms with Crippen molar-refractivity contribution in [1.82, 2.24) is 4.90 Å². The molecular formula is C15H30N2. The molecule has 2 nitrogen and oxygen atoms in total. The Morgan fingerprint density at radius 2 is 1.82 bits per heavy atom. The van der Waals surface area contributed by atoms with E-state index in [0.29, 0.717) is 5.54 Å². The molecule has 0 bridgehead atoms. The minimum absolute atomic E-state index is 0.339. The Bertz CT molecular complexity index is 243. The van der Waals surface area contributed by atoms with E-state index in [1.54, 1.807) is 0 Å². The van der Waals surface area contributed by atoms with Gasteiger partial charge in [-0.2, -0.15) is 0 Å². The van der Waals surface area contributed by atoms with Gasteiger partial charge in [-0.15, -0.1) is 0 Å². The van der Waals surface area contributed by atoms with Gasteiger partial charge in [0.2, 0.25) is 0 Å². The van der Waals surface area contributed by atoms with Gasteiger partial charge < -0.3 is 5.73 Å². The Kier molecular flexibility index (Phi) is 4.14. The van der Waals surface area contributed by atoms with E-state index in [-0.39, 0.29) is 0 Å². The zero-order valence-corrected chi connectivity index (χ0v) is 11.9. The lowest BCUT2D eigenvalue weighted by Crippen LogP contribution is -2.59. The SMILES string of the molecule is CCC1CCCCC1(CN)N1CC(C)C(C)C1. The van der Waals surface area contributed by atoms with E-state index in [0.717, 1.165) is 24.3 Å². The molecule has 2 N–H and O–H groups in total. The van der Waals surface area contributed by atoms with Gasteiger partial charge in [-0.1, -0.05) is 40.0 Å². The fraction of sp³-hybridized carbons (Fsp3) is 1.00. The van der Waals surface area contributed by atoms with Gasteiger partial charge in [0.15, 0.2) is 0 Å². The van der Waals surface area contributed by atoms with Crippen molar-refractivity contribution in [2.75, 3.05) is 19.6 Å². The summed E-state index contributed by atoms with van der Waals surface area (Å²) >= 11 is 0. The average molecular weight is 238 g/mol. The third kappa shape index (κ3) is 2.26. The number of nitrogens with two attached hydrogens (primary N) is 1. The van der Waals surface area contributed by atoms with Crippen LogP contribution in [0.1, 0.15) is 52.9 Å². The van der Waals surface area contributed by atoms with Gasteiger partial charge in [0.1, 0.15) is 0 Å². The zero-order chi connectivity index (χ0) is 12.5. The van der Waals surface area contributed by atoms with E-state index in [9.17, 15) is 0 Å². The van der Waals surface area contributed by atoms with E-state index in [2.05, 4.69) is 25.7 Å². The van der Waals surface area contributed by atoms with Crippen LogP contribution in [-0.2, 0) is 0 Å². The molecule has 2 rings (SSSR count). The highest BCUT2D eigenvalue weighted by atomic mass is 15.2. The number of likely N-dealkylation sites (tertiary alicyclic amines) is 1. The maximum atomic E-state index is 6.23. The maximum absolute atomic E-state index is 6.23. The normalized spacial score (nSPS) is 44.1. The molecular weight excluding hydrogens is 208 g/mol. The Morgan fingerprint density at radius 1 is 1.18 bits per heavy atom. The molecule has 0 radical (unpaired) electrons. The van der Waals surface area contributed by atoms with E-state index in [1.807, 2.05) is 0 Å². The molecule has 1 saturated carbocycles. The van der Waals surface area contributed by atoms with Gasteiger partial charge in [-0.3, -0.25) is 4.90 Å². The minimum atomic E-state index is 0.339. The summed E-state index contributed by atoms with van der Waals surface area (Å²) in [7, 11) is 0. The van der Waals surface area contributed by atoms with E-state index < -0.39 is 0 Å². The lowest BCUT2D eigenvalue weighted by molar-refractivity contribution is 0.0177. The molecule has 4 atom stereocenters. The lowest BCUT2D eigenvalue weighted by atomic mass is 9.70. The molecule has 0 aromatic heterocycles. The topological polar surface area (TPSA) is 29.3 Å². The van der Waals surface area contributed by atoms with Crippen molar-refractivity contribution < 1.29 is 0 Å². The van der Waals surface area contributed by atoms with Crippen LogP contribution in [0.5, 0.6) is 0 Å². The van der Waals surface area contributed by atoms with Gasteiger partial charge in [-0.25, -0.2) is 0 Å². The van der Waals surface area contributed by atoms with Crippen molar-refractivity contribution in [2.45, 2.75) is 58.4 Å². The molecule has 0 aromatic rings. The molecule has 1 heterocycles. The molecule has 1 aliphatic carbocycles. The summed E-state index contributed by atoms with van der Waals surface area (Å²) in [5.74, 6) is 2.52. The fourth-order valence-electron chi connectivity index (χ4n) is 4.19. The molecule has 0 spiro atoms. The summed E-state index contributed by atoms with van der Waals surface area (Å²) in [6, 6.07) is 0. The Morgan fingerprint density at radius 3 is 2.35 bits per heavy atom. The standard InChI is InChI=1S/C15H30N2/c1-4-14-7-5-6-8-15(14,11-16)17-9-12(2)13(3)10-17/h12-14H,4-11,16H2,1-3H3. The summed E-state index contributed by atoms with van der Waals surface area (Å²) in [6.07, 6.45) is 6.83. The summed E-state index contributed by atoms with van der Waals surface area (Å²) < 4.78 is 0. The summed E-state index contributed by atoms with van der Waals surface area (Å²) in [4.78, 5) is 2.76. The first kappa shape index (κ1) is 13.4. The molecule has 100 valence electrons. The second kappa shape index (κ2) is 5.27. The molecule has 2 heteroatoms. The lowest BCUT2D eigenvalue weighted by Gasteiger charge is -2.50. The molecule has 17 heavy (non-hydrogen) atoms. The fourth-order valence-corrected chi connectivity index (χ4v) is 4.19. The van der Waals surface area contributed by atoms with Crippen molar-refractivity contribution in [3.63, 3.8) is 0 Å². The van der Waals surface area contributed by atoms with Crippen molar-refractivity contribution >= 4 is 0 Å².